The summed E-state index contributed by atoms with van der Waals surface area (Å²) in [7, 11) is 0. The van der Waals surface area contributed by atoms with E-state index in [1.165, 1.54) is 6.07 Å². The van der Waals surface area contributed by atoms with Crippen LogP contribution in [0.4, 0.5) is 11.6 Å². The highest BCUT2D eigenvalue weighted by atomic mass is 35.5. The third kappa shape index (κ3) is 2.62. The van der Waals surface area contributed by atoms with E-state index in [9.17, 15) is 4.79 Å². The first-order valence-corrected chi connectivity index (χ1v) is 6.30. The first-order valence-electron chi connectivity index (χ1n) is 5.92. The molecule has 0 aliphatic rings. The van der Waals surface area contributed by atoms with E-state index in [1.807, 2.05) is 13.0 Å². The molecule has 5 nitrogen and oxygen atoms in total. The number of fused-ring (bicyclic) bond motifs is 1. The summed E-state index contributed by atoms with van der Waals surface area (Å²) >= 11 is 5.89. The predicted molar refractivity (Wildman–Crippen MR) is 77.5 cm³/mol. The standard InChI is InChI=1S/C14H10ClN3O2/c1-8-6-12(15)18-14(16-8)17-10-3-4-11-9(7-10)2-5-13(19)20-11/h2-7H,1H3,(H,16,17,18). The summed E-state index contributed by atoms with van der Waals surface area (Å²) in [5, 5.41) is 4.26. The summed E-state index contributed by atoms with van der Waals surface area (Å²) in [6, 6.07) is 10.1. The van der Waals surface area contributed by atoms with Crippen LogP contribution in [0, 0.1) is 6.92 Å². The van der Waals surface area contributed by atoms with Crippen molar-refractivity contribution in [3.05, 3.63) is 57.7 Å². The van der Waals surface area contributed by atoms with Gasteiger partial charge in [-0.1, -0.05) is 11.6 Å². The molecule has 3 rings (SSSR count). The maximum atomic E-state index is 11.1. The van der Waals surface area contributed by atoms with E-state index in [4.69, 9.17) is 16.0 Å². The Bertz CT molecular complexity index is 825. The van der Waals surface area contributed by atoms with Gasteiger partial charge in [-0.05, 0) is 37.3 Å². The minimum atomic E-state index is -0.369. The lowest BCUT2D eigenvalue weighted by Gasteiger charge is -2.06. The quantitative estimate of drug-likeness (QED) is 0.578. The fourth-order valence-corrected chi connectivity index (χ4v) is 2.10. The van der Waals surface area contributed by atoms with Gasteiger partial charge in [-0.15, -0.1) is 0 Å². The zero-order valence-corrected chi connectivity index (χ0v) is 11.3. The van der Waals surface area contributed by atoms with E-state index < -0.39 is 0 Å². The minimum absolute atomic E-state index is 0.369. The van der Waals surface area contributed by atoms with E-state index in [-0.39, 0.29) is 5.63 Å². The monoisotopic (exact) mass is 287 g/mol. The van der Waals surface area contributed by atoms with Crippen molar-refractivity contribution in [1.29, 1.82) is 0 Å². The van der Waals surface area contributed by atoms with Crippen LogP contribution in [0.2, 0.25) is 5.15 Å². The summed E-state index contributed by atoms with van der Waals surface area (Å²) in [5.74, 6) is 0.423. The van der Waals surface area contributed by atoms with Crippen molar-refractivity contribution in [1.82, 2.24) is 9.97 Å². The van der Waals surface area contributed by atoms with Gasteiger partial charge in [0.05, 0.1) is 0 Å². The Hall–Kier alpha value is -2.40. The molecule has 100 valence electrons. The average Bonchev–Trinajstić information content (AvgIpc) is 2.38. The van der Waals surface area contributed by atoms with Gasteiger partial charge in [-0.3, -0.25) is 0 Å². The van der Waals surface area contributed by atoms with Crippen LogP contribution in [0.3, 0.4) is 0 Å². The van der Waals surface area contributed by atoms with Gasteiger partial charge in [0.1, 0.15) is 10.7 Å². The molecule has 0 unspecified atom stereocenters. The molecule has 2 aromatic heterocycles. The Morgan fingerprint density at radius 2 is 2.00 bits per heavy atom. The Balaban J connectivity index is 1.98. The van der Waals surface area contributed by atoms with Gasteiger partial charge >= 0.3 is 5.63 Å². The summed E-state index contributed by atoms with van der Waals surface area (Å²) < 4.78 is 5.07. The van der Waals surface area contributed by atoms with Crippen LogP contribution in [-0.4, -0.2) is 9.97 Å². The molecule has 6 heteroatoms. The molecule has 0 radical (unpaired) electrons. The highest BCUT2D eigenvalue weighted by Crippen LogP contribution is 2.20. The van der Waals surface area contributed by atoms with Gasteiger partial charge in [-0.2, -0.15) is 0 Å². The largest absolute Gasteiger partial charge is 0.423 e. The van der Waals surface area contributed by atoms with E-state index in [0.717, 1.165) is 16.8 Å². The molecule has 2 heterocycles. The molecule has 0 aliphatic heterocycles. The highest BCUT2D eigenvalue weighted by molar-refractivity contribution is 6.29. The summed E-state index contributed by atoms with van der Waals surface area (Å²) in [6.45, 7) is 1.84. The second kappa shape index (κ2) is 4.94. The molecule has 1 N–H and O–H groups in total. The number of aryl methyl sites for hydroxylation is 1. The molecular formula is C14H10ClN3O2. The van der Waals surface area contributed by atoms with Crippen LogP contribution in [0.5, 0.6) is 0 Å². The number of benzene rings is 1. The smallest absolute Gasteiger partial charge is 0.336 e. The lowest BCUT2D eigenvalue weighted by molar-refractivity contribution is 0.561. The fourth-order valence-electron chi connectivity index (χ4n) is 1.86. The molecule has 1 aromatic carbocycles. The second-order valence-electron chi connectivity index (χ2n) is 4.29. The zero-order valence-electron chi connectivity index (χ0n) is 10.6. The molecule has 0 atom stereocenters. The van der Waals surface area contributed by atoms with Gasteiger partial charge in [-0.25, -0.2) is 14.8 Å². The van der Waals surface area contributed by atoms with Gasteiger partial charge in [0.2, 0.25) is 5.95 Å². The lowest BCUT2D eigenvalue weighted by atomic mass is 10.2. The van der Waals surface area contributed by atoms with E-state index in [2.05, 4.69) is 15.3 Å². The summed E-state index contributed by atoms with van der Waals surface area (Å²) in [4.78, 5) is 19.5. The molecule has 0 saturated heterocycles. The second-order valence-corrected chi connectivity index (χ2v) is 4.67. The molecule has 0 spiro atoms. The van der Waals surface area contributed by atoms with E-state index >= 15 is 0 Å². The Labute approximate surface area is 119 Å². The average molecular weight is 288 g/mol. The van der Waals surface area contributed by atoms with E-state index in [0.29, 0.717) is 16.7 Å². The van der Waals surface area contributed by atoms with E-state index in [1.54, 1.807) is 24.3 Å². The normalized spacial score (nSPS) is 10.7. The van der Waals surface area contributed by atoms with Gasteiger partial charge in [0.25, 0.3) is 0 Å². The predicted octanol–water partition coefficient (Wildman–Crippen LogP) is 3.29. The molecular weight excluding hydrogens is 278 g/mol. The van der Waals surface area contributed by atoms with Crippen LogP contribution >= 0.6 is 11.6 Å². The number of anilines is 2. The number of nitrogens with one attached hydrogen (secondary N) is 1. The number of halogens is 1. The van der Waals surface area contributed by atoms with Gasteiger partial charge < -0.3 is 9.73 Å². The molecule has 0 aliphatic carbocycles. The molecule has 0 amide bonds. The van der Waals surface area contributed by atoms with Crippen LogP contribution in [0.15, 0.2) is 45.6 Å². The molecule has 0 fully saturated rings. The Morgan fingerprint density at radius 1 is 1.15 bits per heavy atom. The number of hydrogen-bond donors (Lipinski definition) is 1. The third-order valence-electron chi connectivity index (χ3n) is 2.70. The fraction of sp³-hybridized carbons (Fsp3) is 0.0714. The topological polar surface area (TPSA) is 68.0 Å². The molecule has 3 aromatic rings. The van der Waals surface area contributed by atoms with Crippen LogP contribution in [-0.2, 0) is 0 Å². The first kappa shape index (κ1) is 12.6. The van der Waals surface area contributed by atoms with Crippen molar-refractivity contribution in [2.75, 3.05) is 5.32 Å². The minimum Gasteiger partial charge on any atom is -0.423 e. The number of aromatic nitrogens is 2. The maximum absolute atomic E-state index is 11.1. The summed E-state index contributed by atoms with van der Waals surface area (Å²) in [6.07, 6.45) is 0. The highest BCUT2D eigenvalue weighted by Gasteiger charge is 2.03. The van der Waals surface area contributed by atoms with Crippen LogP contribution < -0.4 is 10.9 Å². The van der Waals surface area contributed by atoms with Crippen molar-refractivity contribution >= 4 is 34.2 Å². The van der Waals surface area contributed by atoms with Gasteiger partial charge in [0.15, 0.2) is 0 Å². The molecule has 0 saturated carbocycles. The van der Waals surface area contributed by atoms with Crippen LogP contribution in [0.1, 0.15) is 5.69 Å². The van der Waals surface area contributed by atoms with Crippen molar-refractivity contribution in [2.24, 2.45) is 0 Å². The zero-order chi connectivity index (χ0) is 14.1. The number of hydrogen-bond acceptors (Lipinski definition) is 5. The molecule has 20 heavy (non-hydrogen) atoms. The lowest BCUT2D eigenvalue weighted by Crippen LogP contribution is -1.99. The van der Waals surface area contributed by atoms with Crippen LogP contribution in [0.25, 0.3) is 11.0 Å². The van der Waals surface area contributed by atoms with Crippen molar-refractivity contribution < 1.29 is 4.42 Å². The van der Waals surface area contributed by atoms with Crippen molar-refractivity contribution in [3.8, 4) is 0 Å². The maximum Gasteiger partial charge on any atom is 0.336 e. The molecule has 0 bridgehead atoms. The number of rotatable bonds is 2. The van der Waals surface area contributed by atoms with Gasteiger partial charge in [0, 0.05) is 22.8 Å². The van der Waals surface area contributed by atoms with Crippen molar-refractivity contribution in [2.45, 2.75) is 6.92 Å². The first-order chi connectivity index (χ1) is 9.60. The summed E-state index contributed by atoms with van der Waals surface area (Å²) in [5.41, 5.74) is 1.73. The Kier molecular flexibility index (Phi) is 3.12. The third-order valence-corrected chi connectivity index (χ3v) is 2.89. The number of nitrogens with zero attached hydrogens (tertiary/aromatic N) is 2. The SMILES string of the molecule is Cc1cc(Cl)nc(Nc2ccc3oc(=O)ccc3c2)n1. The Morgan fingerprint density at radius 3 is 2.80 bits per heavy atom. The van der Waals surface area contributed by atoms with Crippen molar-refractivity contribution in [3.63, 3.8) is 0 Å².